The number of aryl methyl sites for hydroxylation is 1. The number of hydrogen-bond donors (Lipinski definition) is 1. The van der Waals surface area contributed by atoms with Crippen molar-refractivity contribution in [3.05, 3.63) is 131 Å². The summed E-state index contributed by atoms with van der Waals surface area (Å²) in [7, 11) is -4.52. The van der Waals surface area contributed by atoms with Crippen LogP contribution < -0.4 is 9.62 Å². The van der Waals surface area contributed by atoms with Gasteiger partial charge in [0.05, 0.1) is 16.1 Å². The summed E-state index contributed by atoms with van der Waals surface area (Å²) in [6.07, 6.45) is -4.63. The molecule has 0 unspecified atom stereocenters. The average molecular weight is 638 g/mol. The topological polar surface area (TPSA) is 86.8 Å². The van der Waals surface area contributed by atoms with E-state index in [4.69, 9.17) is 0 Å². The van der Waals surface area contributed by atoms with E-state index < -0.39 is 46.2 Å². The van der Waals surface area contributed by atoms with Gasteiger partial charge in [0.1, 0.15) is 12.6 Å². The maximum atomic E-state index is 14.3. The second-order valence-electron chi connectivity index (χ2n) is 10.5. The summed E-state index contributed by atoms with van der Waals surface area (Å²) in [6, 6.07) is 26.3. The van der Waals surface area contributed by atoms with Gasteiger partial charge in [-0.25, -0.2) is 8.42 Å². The van der Waals surface area contributed by atoms with Crippen LogP contribution in [0.25, 0.3) is 0 Å². The molecular formula is C34H34F3N3O4S. The molecule has 4 aromatic carbocycles. The van der Waals surface area contributed by atoms with E-state index in [0.29, 0.717) is 15.9 Å². The van der Waals surface area contributed by atoms with Gasteiger partial charge in [-0.3, -0.25) is 13.9 Å². The van der Waals surface area contributed by atoms with Crippen LogP contribution in [0.4, 0.5) is 18.9 Å². The fourth-order valence-corrected chi connectivity index (χ4v) is 6.37. The van der Waals surface area contributed by atoms with Crippen LogP contribution in [-0.2, 0) is 38.8 Å². The predicted molar refractivity (Wildman–Crippen MR) is 167 cm³/mol. The van der Waals surface area contributed by atoms with Crippen molar-refractivity contribution < 1.29 is 31.2 Å². The van der Waals surface area contributed by atoms with E-state index in [2.05, 4.69) is 5.32 Å². The normalized spacial score (nSPS) is 12.3. The molecule has 0 radical (unpaired) electrons. The number of rotatable bonds is 12. The summed E-state index contributed by atoms with van der Waals surface area (Å²) >= 11 is 0. The molecule has 0 aromatic heterocycles. The minimum absolute atomic E-state index is 0.0447. The Bertz CT molecular complexity index is 1720. The number of hydrogen-bond acceptors (Lipinski definition) is 4. The molecule has 0 aliphatic carbocycles. The standard InChI is InChI=1S/C34H34F3N3O4S/c1-3-38-33(42)31(21-26-13-6-4-7-14-26)39(23-27-15-10-12-25(2)20-27)32(41)24-40(45(43,44)30-18-8-5-9-19-30)29-17-11-16-28(22-29)34(35,36)37/h4-20,22,31H,3,21,23-24H2,1-2H3,(H,38,42)/t31-/m1/s1. The highest BCUT2D eigenvalue weighted by molar-refractivity contribution is 7.92. The van der Waals surface area contributed by atoms with Gasteiger partial charge >= 0.3 is 6.18 Å². The first-order valence-corrected chi connectivity index (χ1v) is 15.8. The fraction of sp³-hybridized carbons (Fsp3) is 0.235. The molecule has 4 aromatic rings. The van der Waals surface area contributed by atoms with E-state index >= 15 is 0 Å². The average Bonchev–Trinajstić information content (AvgIpc) is 3.02. The molecule has 4 rings (SSSR count). The Morgan fingerprint density at radius 1 is 0.822 bits per heavy atom. The van der Waals surface area contributed by atoms with Crippen molar-refractivity contribution in [2.24, 2.45) is 0 Å². The molecule has 236 valence electrons. The van der Waals surface area contributed by atoms with Gasteiger partial charge in [0.2, 0.25) is 11.8 Å². The molecule has 0 aliphatic rings. The number of amides is 2. The Balaban J connectivity index is 1.83. The molecular weight excluding hydrogens is 603 g/mol. The molecule has 1 N–H and O–H groups in total. The molecule has 0 saturated carbocycles. The Morgan fingerprint density at radius 2 is 1.44 bits per heavy atom. The first-order valence-electron chi connectivity index (χ1n) is 14.3. The van der Waals surface area contributed by atoms with Crippen LogP contribution in [0.5, 0.6) is 0 Å². The number of benzene rings is 4. The lowest BCUT2D eigenvalue weighted by molar-refractivity contribution is -0.140. The van der Waals surface area contributed by atoms with Crippen LogP contribution in [0.15, 0.2) is 114 Å². The van der Waals surface area contributed by atoms with Crippen LogP contribution in [0, 0.1) is 6.92 Å². The third-order valence-corrected chi connectivity index (χ3v) is 8.92. The highest BCUT2D eigenvalue weighted by atomic mass is 32.2. The number of nitrogens with one attached hydrogen (secondary N) is 1. The number of carbonyl (C=O) groups excluding carboxylic acids is 2. The lowest BCUT2D eigenvalue weighted by Gasteiger charge is -2.34. The van der Waals surface area contributed by atoms with Gasteiger partial charge < -0.3 is 10.2 Å². The smallest absolute Gasteiger partial charge is 0.355 e. The molecule has 0 saturated heterocycles. The number of alkyl halides is 3. The monoisotopic (exact) mass is 637 g/mol. The molecule has 7 nitrogen and oxygen atoms in total. The molecule has 0 spiro atoms. The maximum Gasteiger partial charge on any atom is 0.416 e. The summed E-state index contributed by atoms with van der Waals surface area (Å²) in [5.41, 5.74) is 0.969. The zero-order valence-corrected chi connectivity index (χ0v) is 25.7. The van der Waals surface area contributed by atoms with E-state index in [0.717, 1.165) is 23.3 Å². The minimum Gasteiger partial charge on any atom is -0.355 e. The van der Waals surface area contributed by atoms with Gasteiger partial charge in [0.25, 0.3) is 10.0 Å². The van der Waals surface area contributed by atoms with Crippen molar-refractivity contribution in [3.63, 3.8) is 0 Å². The van der Waals surface area contributed by atoms with Gasteiger partial charge in [-0.1, -0.05) is 84.4 Å². The summed E-state index contributed by atoms with van der Waals surface area (Å²) in [5.74, 6) is -1.21. The van der Waals surface area contributed by atoms with Crippen molar-refractivity contribution in [3.8, 4) is 0 Å². The number of nitrogens with zero attached hydrogens (tertiary/aromatic N) is 2. The zero-order valence-electron chi connectivity index (χ0n) is 24.9. The van der Waals surface area contributed by atoms with E-state index in [-0.39, 0.29) is 30.1 Å². The van der Waals surface area contributed by atoms with E-state index in [9.17, 15) is 31.2 Å². The molecule has 0 bridgehead atoms. The lowest BCUT2D eigenvalue weighted by atomic mass is 10.0. The Labute approximate surface area is 261 Å². The van der Waals surface area contributed by atoms with Gasteiger partial charge in [-0.2, -0.15) is 13.2 Å². The predicted octanol–water partition coefficient (Wildman–Crippen LogP) is 5.99. The summed E-state index contributed by atoms with van der Waals surface area (Å²) in [5, 5.41) is 2.77. The molecule has 0 aliphatic heterocycles. The molecule has 0 fully saturated rings. The third-order valence-electron chi connectivity index (χ3n) is 7.13. The van der Waals surface area contributed by atoms with Crippen molar-refractivity contribution in [2.75, 3.05) is 17.4 Å². The number of carbonyl (C=O) groups is 2. The number of halogens is 3. The Morgan fingerprint density at radius 3 is 2.07 bits per heavy atom. The molecule has 1 atom stereocenters. The molecule has 45 heavy (non-hydrogen) atoms. The molecule has 11 heteroatoms. The Hall–Kier alpha value is -4.64. The van der Waals surface area contributed by atoms with E-state index in [1.54, 1.807) is 37.3 Å². The third kappa shape index (κ3) is 8.51. The highest BCUT2D eigenvalue weighted by Gasteiger charge is 2.36. The zero-order chi connectivity index (χ0) is 32.6. The Kier molecular flexibility index (Phi) is 10.7. The van der Waals surface area contributed by atoms with E-state index in [1.807, 2.05) is 37.3 Å². The van der Waals surface area contributed by atoms with E-state index in [1.165, 1.54) is 35.2 Å². The van der Waals surface area contributed by atoms with Crippen LogP contribution in [0.3, 0.4) is 0 Å². The van der Waals surface area contributed by atoms with Crippen LogP contribution in [0.1, 0.15) is 29.2 Å². The fourth-order valence-electron chi connectivity index (χ4n) is 4.94. The lowest BCUT2D eigenvalue weighted by Crippen LogP contribution is -2.53. The first kappa shape index (κ1) is 33.3. The molecule has 2 amide bonds. The van der Waals surface area contributed by atoms with Crippen LogP contribution in [-0.4, -0.2) is 44.3 Å². The second-order valence-corrected chi connectivity index (χ2v) is 12.3. The van der Waals surface area contributed by atoms with Gasteiger partial charge in [0.15, 0.2) is 0 Å². The summed E-state index contributed by atoms with van der Waals surface area (Å²) in [6.45, 7) is 3.01. The summed E-state index contributed by atoms with van der Waals surface area (Å²) < 4.78 is 69.7. The van der Waals surface area contributed by atoms with Crippen molar-refractivity contribution in [1.82, 2.24) is 10.2 Å². The van der Waals surface area contributed by atoms with Crippen LogP contribution >= 0.6 is 0 Å². The first-order chi connectivity index (χ1) is 21.4. The molecule has 0 heterocycles. The largest absolute Gasteiger partial charge is 0.416 e. The van der Waals surface area contributed by atoms with Gasteiger partial charge in [0, 0.05) is 19.5 Å². The van der Waals surface area contributed by atoms with Crippen LogP contribution in [0.2, 0.25) is 0 Å². The minimum atomic E-state index is -4.75. The van der Waals surface area contributed by atoms with Crippen molar-refractivity contribution in [2.45, 2.75) is 43.9 Å². The van der Waals surface area contributed by atoms with Crippen molar-refractivity contribution >= 4 is 27.5 Å². The quantitative estimate of drug-likeness (QED) is 0.207. The second kappa shape index (κ2) is 14.4. The number of sulfonamides is 1. The SMILES string of the molecule is CCNC(=O)[C@@H](Cc1ccccc1)N(Cc1cccc(C)c1)C(=O)CN(c1cccc(C(F)(F)F)c1)S(=O)(=O)c1ccccc1. The highest BCUT2D eigenvalue weighted by Crippen LogP contribution is 2.33. The summed E-state index contributed by atoms with van der Waals surface area (Å²) in [4.78, 5) is 28.9. The number of anilines is 1. The van der Waals surface area contributed by atoms with Gasteiger partial charge in [-0.05, 0) is 55.3 Å². The number of likely N-dealkylation sites (N-methyl/N-ethyl adjacent to an activating group) is 1. The maximum absolute atomic E-state index is 14.3. The van der Waals surface area contributed by atoms with Crippen molar-refractivity contribution in [1.29, 1.82) is 0 Å². The van der Waals surface area contributed by atoms with Gasteiger partial charge in [-0.15, -0.1) is 0 Å².